The van der Waals surface area contributed by atoms with Gasteiger partial charge < -0.3 is 15.5 Å². The Bertz CT molecular complexity index is 721. The number of hydrogen-bond acceptors (Lipinski definition) is 4. The van der Waals surface area contributed by atoms with E-state index in [1.165, 1.54) is 0 Å². The predicted molar refractivity (Wildman–Crippen MR) is 110 cm³/mol. The zero-order valence-electron chi connectivity index (χ0n) is 16.9. The second-order valence-electron chi connectivity index (χ2n) is 8.53. The Hall–Kier alpha value is -1.92. The van der Waals surface area contributed by atoms with E-state index in [2.05, 4.69) is 22.5 Å². The molecule has 152 valence electrons. The lowest BCUT2D eigenvalue weighted by atomic mass is 9.91. The van der Waals surface area contributed by atoms with Crippen LogP contribution in [0.3, 0.4) is 0 Å². The van der Waals surface area contributed by atoms with Crippen LogP contribution in [0.2, 0.25) is 0 Å². The second kappa shape index (κ2) is 8.21. The third-order valence-electron chi connectivity index (χ3n) is 6.81. The number of para-hydroxylation sites is 1. The van der Waals surface area contributed by atoms with E-state index in [1.807, 2.05) is 29.2 Å². The molecule has 3 aliphatic rings. The van der Waals surface area contributed by atoms with Gasteiger partial charge in [0, 0.05) is 37.8 Å². The first-order chi connectivity index (χ1) is 13.6. The standard InChI is InChI=1S/C22H32N4O2/c1-2-17-5-3-4-6-19(17)24-20(27)16-25-11-13-26(14-12-25)21(28)18-15-22(18)7-9-23-10-8-22/h3-6,18,23H,2,7-16H2,1H3,(H,24,27). The minimum atomic E-state index is 0.0246. The van der Waals surface area contributed by atoms with Gasteiger partial charge in [0.25, 0.3) is 0 Å². The smallest absolute Gasteiger partial charge is 0.238 e. The number of anilines is 1. The number of benzene rings is 1. The molecule has 6 heteroatoms. The molecule has 28 heavy (non-hydrogen) atoms. The zero-order chi connectivity index (χ0) is 19.6. The van der Waals surface area contributed by atoms with Crippen molar-refractivity contribution in [1.29, 1.82) is 0 Å². The number of carbonyl (C=O) groups excluding carboxylic acids is 2. The van der Waals surface area contributed by atoms with Crippen molar-refractivity contribution in [3.8, 4) is 0 Å². The molecule has 1 aromatic carbocycles. The highest BCUT2D eigenvalue weighted by atomic mass is 16.2. The number of piperazine rings is 1. The summed E-state index contributed by atoms with van der Waals surface area (Å²) in [5.41, 5.74) is 2.36. The van der Waals surface area contributed by atoms with Gasteiger partial charge in [-0.05, 0) is 55.8 Å². The van der Waals surface area contributed by atoms with Crippen molar-refractivity contribution in [2.75, 3.05) is 51.1 Å². The molecular formula is C22H32N4O2. The summed E-state index contributed by atoms with van der Waals surface area (Å²) < 4.78 is 0. The summed E-state index contributed by atoms with van der Waals surface area (Å²) in [6.07, 6.45) is 4.26. The van der Waals surface area contributed by atoms with E-state index in [9.17, 15) is 9.59 Å². The van der Waals surface area contributed by atoms with Gasteiger partial charge in [-0.1, -0.05) is 25.1 Å². The monoisotopic (exact) mass is 384 g/mol. The maximum Gasteiger partial charge on any atom is 0.238 e. The van der Waals surface area contributed by atoms with Gasteiger partial charge in [-0.15, -0.1) is 0 Å². The van der Waals surface area contributed by atoms with E-state index < -0.39 is 0 Å². The van der Waals surface area contributed by atoms with Crippen LogP contribution in [0.15, 0.2) is 24.3 Å². The van der Waals surface area contributed by atoms with E-state index >= 15 is 0 Å². The van der Waals surface area contributed by atoms with Gasteiger partial charge in [0.05, 0.1) is 6.54 Å². The Balaban J connectivity index is 1.23. The minimum absolute atomic E-state index is 0.0246. The van der Waals surface area contributed by atoms with Crippen LogP contribution in [0.1, 0.15) is 31.7 Å². The molecule has 0 bridgehead atoms. The van der Waals surface area contributed by atoms with Crippen molar-refractivity contribution >= 4 is 17.5 Å². The molecule has 3 fully saturated rings. The molecule has 2 saturated heterocycles. The lowest BCUT2D eigenvalue weighted by molar-refractivity contribution is -0.135. The first-order valence-corrected chi connectivity index (χ1v) is 10.7. The van der Waals surface area contributed by atoms with Crippen LogP contribution in [-0.2, 0) is 16.0 Å². The van der Waals surface area contributed by atoms with Gasteiger partial charge in [-0.25, -0.2) is 0 Å². The topological polar surface area (TPSA) is 64.7 Å². The average Bonchev–Trinajstić information content (AvgIpc) is 3.41. The number of nitrogens with one attached hydrogen (secondary N) is 2. The highest BCUT2D eigenvalue weighted by molar-refractivity contribution is 5.93. The molecule has 1 aliphatic carbocycles. The highest BCUT2D eigenvalue weighted by Crippen LogP contribution is 2.59. The Kier molecular flexibility index (Phi) is 5.69. The predicted octanol–water partition coefficient (Wildman–Crippen LogP) is 1.72. The maximum absolute atomic E-state index is 12.9. The number of amides is 2. The van der Waals surface area contributed by atoms with E-state index in [-0.39, 0.29) is 11.8 Å². The number of hydrogen-bond donors (Lipinski definition) is 2. The van der Waals surface area contributed by atoms with Gasteiger partial charge in [0.1, 0.15) is 0 Å². The van der Waals surface area contributed by atoms with Crippen molar-refractivity contribution in [3.05, 3.63) is 29.8 Å². The maximum atomic E-state index is 12.9. The number of carbonyl (C=O) groups is 2. The van der Waals surface area contributed by atoms with Crippen LogP contribution < -0.4 is 10.6 Å². The molecule has 1 unspecified atom stereocenters. The minimum Gasteiger partial charge on any atom is -0.340 e. The van der Waals surface area contributed by atoms with Gasteiger partial charge in [0.15, 0.2) is 0 Å². The molecule has 4 rings (SSSR count). The summed E-state index contributed by atoms with van der Waals surface area (Å²) in [7, 11) is 0. The van der Waals surface area contributed by atoms with E-state index in [4.69, 9.17) is 0 Å². The summed E-state index contributed by atoms with van der Waals surface area (Å²) in [4.78, 5) is 29.5. The second-order valence-corrected chi connectivity index (χ2v) is 8.53. The zero-order valence-corrected chi connectivity index (χ0v) is 16.9. The molecule has 6 nitrogen and oxygen atoms in total. The molecule has 2 aliphatic heterocycles. The van der Waals surface area contributed by atoms with Crippen molar-refractivity contribution in [1.82, 2.24) is 15.1 Å². The third kappa shape index (κ3) is 4.08. The van der Waals surface area contributed by atoms with E-state index in [0.29, 0.717) is 17.9 Å². The van der Waals surface area contributed by atoms with Crippen LogP contribution in [0, 0.1) is 11.3 Å². The summed E-state index contributed by atoms with van der Waals surface area (Å²) >= 11 is 0. The van der Waals surface area contributed by atoms with Crippen LogP contribution in [0.4, 0.5) is 5.69 Å². The Morgan fingerprint density at radius 3 is 2.57 bits per heavy atom. The molecule has 2 heterocycles. The van der Waals surface area contributed by atoms with E-state index in [1.54, 1.807) is 0 Å². The third-order valence-corrected chi connectivity index (χ3v) is 6.81. The first-order valence-electron chi connectivity index (χ1n) is 10.7. The van der Waals surface area contributed by atoms with Crippen molar-refractivity contribution in [3.63, 3.8) is 0 Å². The number of rotatable bonds is 5. The van der Waals surface area contributed by atoms with Crippen molar-refractivity contribution in [2.45, 2.75) is 32.6 Å². The largest absolute Gasteiger partial charge is 0.340 e. The van der Waals surface area contributed by atoms with Crippen LogP contribution in [0.25, 0.3) is 0 Å². The molecule has 1 atom stereocenters. The number of nitrogens with zero attached hydrogens (tertiary/aromatic N) is 2. The molecule has 2 N–H and O–H groups in total. The lowest BCUT2D eigenvalue weighted by Gasteiger charge is -2.35. The summed E-state index contributed by atoms with van der Waals surface area (Å²) in [5.74, 6) is 0.620. The Labute approximate surface area is 167 Å². The molecular weight excluding hydrogens is 352 g/mol. The lowest BCUT2D eigenvalue weighted by Crippen LogP contribution is -2.51. The van der Waals surface area contributed by atoms with Gasteiger partial charge in [-0.3, -0.25) is 14.5 Å². The van der Waals surface area contributed by atoms with E-state index in [0.717, 1.165) is 76.2 Å². The van der Waals surface area contributed by atoms with Gasteiger partial charge >= 0.3 is 0 Å². The van der Waals surface area contributed by atoms with Crippen molar-refractivity contribution in [2.24, 2.45) is 11.3 Å². The fourth-order valence-corrected chi connectivity index (χ4v) is 4.86. The molecule has 2 amide bonds. The fourth-order valence-electron chi connectivity index (χ4n) is 4.86. The van der Waals surface area contributed by atoms with Gasteiger partial charge in [0.2, 0.25) is 11.8 Å². The Morgan fingerprint density at radius 2 is 1.86 bits per heavy atom. The molecule has 0 radical (unpaired) electrons. The molecule has 1 saturated carbocycles. The van der Waals surface area contributed by atoms with Crippen LogP contribution in [-0.4, -0.2) is 67.4 Å². The summed E-state index contributed by atoms with van der Waals surface area (Å²) in [6, 6.07) is 7.96. The summed E-state index contributed by atoms with van der Waals surface area (Å²) in [6.45, 7) is 7.60. The normalized spacial score (nSPS) is 24.2. The number of piperidine rings is 1. The molecule has 0 aromatic heterocycles. The first kappa shape index (κ1) is 19.4. The summed E-state index contributed by atoms with van der Waals surface area (Å²) in [5, 5.41) is 6.44. The van der Waals surface area contributed by atoms with Crippen LogP contribution >= 0.6 is 0 Å². The number of aryl methyl sites for hydroxylation is 1. The fraction of sp³-hybridized carbons (Fsp3) is 0.636. The van der Waals surface area contributed by atoms with Gasteiger partial charge in [-0.2, -0.15) is 0 Å². The molecule has 1 aromatic rings. The average molecular weight is 385 g/mol. The Morgan fingerprint density at radius 1 is 1.14 bits per heavy atom. The SMILES string of the molecule is CCc1ccccc1NC(=O)CN1CCN(C(=O)C2CC23CCNCC3)CC1. The highest BCUT2D eigenvalue weighted by Gasteiger charge is 2.58. The van der Waals surface area contributed by atoms with Crippen molar-refractivity contribution < 1.29 is 9.59 Å². The van der Waals surface area contributed by atoms with Crippen LogP contribution in [0.5, 0.6) is 0 Å². The quantitative estimate of drug-likeness (QED) is 0.811. The molecule has 1 spiro atoms.